The lowest BCUT2D eigenvalue weighted by Crippen LogP contribution is -2.55. The van der Waals surface area contributed by atoms with Crippen LogP contribution in [0.1, 0.15) is 13.3 Å². The van der Waals surface area contributed by atoms with Gasteiger partial charge in [-0.2, -0.15) is 0 Å². The first-order valence-corrected chi connectivity index (χ1v) is 4.70. The molecule has 0 saturated carbocycles. The van der Waals surface area contributed by atoms with Crippen molar-refractivity contribution in [2.45, 2.75) is 19.5 Å². The van der Waals surface area contributed by atoms with Gasteiger partial charge in [-0.3, -0.25) is 4.79 Å². The minimum absolute atomic E-state index is 0.00708. The Bertz CT molecular complexity index is 279. The van der Waals surface area contributed by atoms with Crippen molar-refractivity contribution in [3.8, 4) is 0 Å². The molecule has 78 valence electrons. The van der Waals surface area contributed by atoms with Crippen LogP contribution in [0.3, 0.4) is 0 Å². The standard InChI is InChI=1S/C8H14N4O2/c1-6(13)14-12-4-2-3-11-7(12)5-10-8(11)9/h7H,2-5H2,1H3,(H2,9,10). The van der Waals surface area contributed by atoms with Crippen LogP contribution in [0.4, 0.5) is 0 Å². The summed E-state index contributed by atoms with van der Waals surface area (Å²) < 4.78 is 0. The molecule has 2 aliphatic heterocycles. The summed E-state index contributed by atoms with van der Waals surface area (Å²) in [6, 6.07) is 0. The van der Waals surface area contributed by atoms with Crippen molar-refractivity contribution in [1.82, 2.24) is 9.96 Å². The number of nitrogens with two attached hydrogens (primary N) is 1. The molecular formula is C8H14N4O2. The normalized spacial score (nSPS) is 27.1. The van der Waals surface area contributed by atoms with Crippen LogP contribution in [0.25, 0.3) is 0 Å². The minimum atomic E-state index is -0.294. The molecule has 0 bridgehead atoms. The summed E-state index contributed by atoms with van der Waals surface area (Å²) in [5.74, 6) is 0.254. The molecular weight excluding hydrogens is 184 g/mol. The van der Waals surface area contributed by atoms with Gasteiger partial charge in [0.25, 0.3) is 0 Å². The summed E-state index contributed by atoms with van der Waals surface area (Å²) in [7, 11) is 0. The SMILES string of the molecule is CC(=O)ON1CCCN2C(N)=NCC12. The molecule has 14 heavy (non-hydrogen) atoms. The third-order valence-corrected chi connectivity index (χ3v) is 2.43. The molecule has 1 saturated heterocycles. The highest BCUT2D eigenvalue weighted by Gasteiger charge is 2.36. The number of hydroxylamine groups is 2. The van der Waals surface area contributed by atoms with Gasteiger partial charge in [-0.25, -0.2) is 4.99 Å². The van der Waals surface area contributed by atoms with Crippen molar-refractivity contribution < 1.29 is 9.63 Å². The average molecular weight is 198 g/mol. The molecule has 6 nitrogen and oxygen atoms in total. The van der Waals surface area contributed by atoms with Crippen molar-refractivity contribution in [2.24, 2.45) is 10.7 Å². The highest BCUT2D eigenvalue weighted by molar-refractivity contribution is 5.80. The fourth-order valence-electron chi connectivity index (χ4n) is 1.84. The highest BCUT2D eigenvalue weighted by atomic mass is 16.7. The van der Waals surface area contributed by atoms with Gasteiger partial charge in [0.2, 0.25) is 0 Å². The summed E-state index contributed by atoms with van der Waals surface area (Å²) in [4.78, 5) is 22.0. The maximum Gasteiger partial charge on any atom is 0.322 e. The molecule has 1 fully saturated rings. The second-order valence-electron chi connectivity index (χ2n) is 3.45. The first-order valence-electron chi connectivity index (χ1n) is 4.70. The molecule has 2 heterocycles. The second kappa shape index (κ2) is 3.45. The number of nitrogens with zero attached hydrogens (tertiary/aromatic N) is 3. The van der Waals surface area contributed by atoms with E-state index in [0.29, 0.717) is 12.5 Å². The van der Waals surface area contributed by atoms with E-state index in [2.05, 4.69) is 4.99 Å². The Labute approximate surface area is 82.3 Å². The molecule has 0 amide bonds. The van der Waals surface area contributed by atoms with Crippen LogP contribution < -0.4 is 5.73 Å². The Morgan fingerprint density at radius 1 is 1.64 bits per heavy atom. The van der Waals surface area contributed by atoms with E-state index < -0.39 is 0 Å². The van der Waals surface area contributed by atoms with Gasteiger partial charge in [-0.05, 0) is 6.42 Å². The van der Waals surface area contributed by atoms with Crippen LogP contribution in [0.5, 0.6) is 0 Å². The minimum Gasteiger partial charge on any atom is -0.370 e. The first kappa shape index (κ1) is 9.26. The number of hydrogen-bond donors (Lipinski definition) is 1. The van der Waals surface area contributed by atoms with E-state index in [9.17, 15) is 4.79 Å². The van der Waals surface area contributed by atoms with E-state index in [0.717, 1.165) is 19.5 Å². The van der Waals surface area contributed by atoms with Gasteiger partial charge in [0.05, 0.1) is 6.54 Å². The molecule has 0 aromatic rings. The number of hydrogen-bond acceptors (Lipinski definition) is 6. The van der Waals surface area contributed by atoms with Crippen molar-refractivity contribution in [1.29, 1.82) is 0 Å². The number of carbonyl (C=O) groups is 1. The van der Waals surface area contributed by atoms with Crippen molar-refractivity contribution >= 4 is 11.9 Å². The quantitative estimate of drug-likeness (QED) is 0.593. The lowest BCUT2D eigenvalue weighted by molar-refractivity contribution is -0.217. The molecule has 0 radical (unpaired) electrons. The molecule has 0 aromatic heterocycles. The summed E-state index contributed by atoms with van der Waals surface area (Å²) in [6.45, 7) is 3.62. The van der Waals surface area contributed by atoms with E-state index in [1.807, 2.05) is 4.90 Å². The van der Waals surface area contributed by atoms with E-state index in [4.69, 9.17) is 10.6 Å². The van der Waals surface area contributed by atoms with Crippen LogP contribution >= 0.6 is 0 Å². The monoisotopic (exact) mass is 198 g/mol. The highest BCUT2D eigenvalue weighted by Crippen LogP contribution is 2.19. The molecule has 2 N–H and O–H groups in total. The predicted octanol–water partition coefficient (Wildman–Crippen LogP) is -0.873. The number of fused-ring (bicyclic) bond motifs is 1. The molecule has 1 unspecified atom stereocenters. The van der Waals surface area contributed by atoms with E-state index in [1.165, 1.54) is 6.92 Å². The summed E-state index contributed by atoms with van der Waals surface area (Å²) in [5, 5.41) is 1.66. The van der Waals surface area contributed by atoms with Gasteiger partial charge < -0.3 is 15.5 Å². The summed E-state index contributed by atoms with van der Waals surface area (Å²) >= 11 is 0. The van der Waals surface area contributed by atoms with Crippen molar-refractivity contribution in [3.63, 3.8) is 0 Å². The van der Waals surface area contributed by atoms with Gasteiger partial charge in [-0.15, -0.1) is 5.06 Å². The van der Waals surface area contributed by atoms with Crippen LogP contribution in [-0.4, -0.2) is 47.7 Å². The number of aliphatic imine (C=N–C) groups is 1. The van der Waals surface area contributed by atoms with Gasteiger partial charge >= 0.3 is 5.97 Å². The fourth-order valence-corrected chi connectivity index (χ4v) is 1.84. The number of carbonyl (C=O) groups excluding carboxylic acids is 1. The van der Waals surface area contributed by atoms with Gasteiger partial charge in [0, 0.05) is 20.0 Å². The third kappa shape index (κ3) is 1.52. The van der Waals surface area contributed by atoms with Gasteiger partial charge in [-0.1, -0.05) is 0 Å². The van der Waals surface area contributed by atoms with E-state index >= 15 is 0 Å². The van der Waals surface area contributed by atoms with Gasteiger partial charge in [0.15, 0.2) is 5.96 Å². The van der Waals surface area contributed by atoms with Crippen LogP contribution in [0, 0.1) is 0 Å². The third-order valence-electron chi connectivity index (χ3n) is 2.43. The molecule has 0 spiro atoms. The molecule has 2 aliphatic rings. The zero-order chi connectivity index (χ0) is 10.1. The van der Waals surface area contributed by atoms with Crippen molar-refractivity contribution in [2.75, 3.05) is 19.6 Å². The number of rotatable bonds is 1. The molecule has 6 heteroatoms. The second-order valence-corrected chi connectivity index (χ2v) is 3.45. The van der Waals surface area contributed by atoms with E-state index in [-0.39, 0.29) is 12.1 Å². The predicted molar refractivity (Wildman–Crippen MR) is 50.1 cm³/mol. The fraction of sp³-hybridized carbons (Fsp3) is 0.750. The maximum atomic E-state index is 10.8. The molecule has 0 aliphatic carbocycles. The van der Waals surface area contributed by atoms with Crippen molar-refractivity contribution in [3.05, 3.63) is 0 Å². The summed E-state index contributed by atoms with van der Waals surface area (Å²) in [6.07, 6.45) is 0.938. The Kier molecular flexibility index (Phi) is 2.28. The van der Waals surface area contributed by atoms with E-state index in [1.54, 1.807) is 5.06 Å². The molecule has 1 atom stereocenters. The van der Waals surface area contributed by atoms with Gasteiger partial charge in [0.1, 0.15) is 6.17 Å². The summed E-state index contributed by atoms with van der Waals surface area (Å²) in [5.41, 5.74) is 5.69. The zero-order valence-corrected chi connectivity index (χ0v) is 8.14. The maximum absolute atomic E-state index is 10.8. The van der Waals surface area contributed by atoms with Crippen LogP contribution in [-0.2, 0) is 9.63 Å². The topological polar surface area (TPSA) is 71.2 Å². The molecule has 2 rings (SSSR count). The largest absolute Gasteiger partial charge is 0.370 e. The Morgan fingerprint density at radius 2 is 2.43 bits per heavy atom. The lowest BCUT2D eigenvalue weighted by atomic mass is 10.2. The smallest absolute Gasteiger partial charge is 0.322 e. The van der Waals surface area contributed by atoms with Crippen LogP contribution in [0.2, 0.25) is 0 Å². The lowest BCUT2D eigenvalue weighted by Gasteiger charge is -2.38. The Balaban J connectivity index is 2.03. The number of guanidine groups is 1. The Hall–Kier alpha value is -1.30. The zero-order valence-electron chi connectivity index (χ0n) is 8.14. The first-order chi connectivity index (χ1) is 6.68. The average Bonchev–Trinajstić information content (AvgIpc) is 2.49. The van der Waals surface area contributed by atoms with Crippen LogP contribution in [0.15, 0.2) is 4.99 Å². The molecule has 0 aromatic carbocycles. The Morgan fingerprint density at radius 3 is 3.14 bits per heavy atom.